The van der Waals surface area contributed by atoms with Gasteiger partial charge in [0.25, 0.3) is 5.91 Å². The Morgan fingerprint density at radius 2 is 1.91 bits per heavy atom. The minimum absolute atomic E-state index is 0.128. The number of amides is 1. The number of allylic oxidation sites excluding steroid dienone is 1. The SMILES string of the molecule is CC(=O)OC1(NC(=O)C(=Cc2ccccc2)OC(F)(F)F)C=C(O)C2=C3C1O[C@H]1CCC[C@H]4[C@@H](C2)[N+](CC(C)C)(CC2CC2)CC[C@]314. The summed E-state index contributed by atoms with van der Waals surface area (Å²) in [5.74, 6) is -1.71. The second kappa shape index (κ2) is 11.4. The Morgan fingerprint density at radius 3 is 2.57 bits per heavy atom. The van der Waals surface area contributed by atoms with E-state index in [2.05, 4.69) is 23.9 Å². The molecule has 8 nitrogen and oxygen atoms in total. The van der Waals surface area contributed by atoms with Gasteiger partial charge in [0.05, 0.1) is 31.8 Å². The lowest BCUT2D eigenvalue weighted by Gasteiger charge is -2.63. The van der Waals surface area contributed by atoms with Crippen molar-refractivity contribution in [2.75, 3.05) is 19.6 Å². The number of alkyl halides is 3. The van der Waals surface area contributed by atoms with Crippen LogP contribution < -0.4 is 5.32 Å². The molecule has 1 spiro atoms. The molecule has 1 aromatic rings. The number of nitrogens with zero attached hydrogens (tertiary/aromatic N) is 1. The first-order valence-corrected chi connectivity index (χ1v) is 17.0. The van der Waals surface area contributed by atoms with Crippen molar-refractivity contribution in [2.45, 2.75) is 96.1 Å². The summed E-state index contributed by atoms with van der Waals surface area (Å²) in [7, 11) is 0. The second-order valence-corrected chi connectivity index (χ2v) is 15.0. The largest absolute Gasteiger partial charge is 0.573 e. The molecule has 2 aliphatic heterocycles. The summed E-state index contributed by atoms with van der Waals surface area (Å²) in [6.45, 7) is 8.89. The lowest BCUT2D eigenvalue weighted by molar-refractivity contribution is -0.967. The van der Waals surface area contributed by atoms with E-state index in [0.717, 1.165) is 79.9 Å². The zero-order chi connectivity index (χ0) is 33.4. The molecule has 4 aliphatic carbocycles. The van der Waals surface area contributed by atoms with E-state index in [1.807, 2.05) is 0 Å². The van der Waals surface area contributed by atoms with Crippen LogP contribution in [0.1, 0.15) is 71.3 Å². The van der Waals surface area contributed by atoms with Gasteiger partial charge in [-0.2, -0.15) is 0 Å². The number of piperidine rings is 1. The minimum Gasteiger partial charge on any atom is -0.508 e. The molecule has 2 saturated heterocycles. The number of quaternary nitrogens is 1. The third-order valence-corrected chi connectivity index (χ3v) is 11.4. The van der Waals surface area contributed by atoms with Gasteiger partial charge in [0, 0.05) is 54.6 Å². The van der Waals surface area contributed by atoms with Gasteiger partial charge in [0.1, 0.15) is 11.9 Å². The highest BCUT2D eigenvalue weighted by Crippen LogP contribution is 2.68. The molecule has 6 aliphatic rings. The number of carbonyl (C=O) groups is 2. The molecule has 0 aromatic heterocycles. The quantitative estimate of drug-likeness (QED) is 0.106. The number of halogens is 3. The average Bonchev–Trinajstić information content (AvgIpc) is 3.72. The van der Waals surface area contributed by atoms with Crippen LogP contribution in [0.3, 0.4) is 0 Å². The van der Waals surface area contributed by atoms with Crippen LogP contribution in [-0.4, -0.2) is 71.4 Å². The normalized spacial score (nSPS) is 36.1. The second-order valence-electron chi connectivity index (χ2n) is 15.0. The molecule has 2 heterocycles. The molecule has 7 rings (SSSR count). The maximum Gasteiger partial charge on any atom is 0.573 e. The first-order valence-electron chi connectivity index (χ1n) is 17.0. The van der Waals surface area contributed by atoms with Gasteiger partial charge in [-0.25, -0.2) is 0 Å². The fourth-order valence-corrected chi connectivity index (χ4v) is 10.0. The van der Waals surface area contributed by atoms with E-state index in [0.29, 0.717) is 23.9 Å². The Kier molecular flexibility index (Phi) is 7.82. The maximum atomic E-state index is 13.8. The van der Waals surface area contributed by atoms with Crippen molar-refractivity contribution >= 4 is 18.0 Å². The van der Waals surface area contributed by atoms with Crippen molar-refractivity contribution < 1.29 is 46.6 Å². The summed E-state index contributed by atoms with van der Waals surface area (Å²) in [5.41, 5.74) is -0.604. The average molecular weight is 658 g/mol. The van der Waals surface area contributed by atoms with Crippen molar-refractivity contribution in [1.82, 2.24) is 5.32 Å². The first-order chi connectivity index (χ1) is 22.3. The molecule has 7 atom stereocenters. The number of rotatable bonds is 9. The van der Waals surface area contributed by atoms with Crippen LogP contribution in [0, 0.1) is 23.2 Å². The van der Waals surface area contributed by atoms with E-state index < -0.39 is 41.2 Å². The van der Waals surface area contributed by atoms with E-state index in [-0.39, 0.29) is 17.8 Å². The van der Waals surface area contributed by atoms with Crippen LogP contribution in [0.15, 0.2) is 59.1 Å². The highest BCUT2D eigenvalue weighted by Gasteiger charge is 2.73. The molecule has 11 heteroatoms. The molecular formula is C36H44F3N2O6+. The molecule has 254 valence electrons. The van der Waals surface area contributed by atoms with Crippen molar-refractivity contribution in [3.05, 3.63) is 64.6 Å². The molecule has 47 heavy (non-hydrogen) atoms. The Balaban J connectivity index is 1.31. The van der Waals surface area contributed by atoms with Crippen LogP contribution in [-0.2, 0) is 23.8 Å². The number of hydrogen-bond donors (Lipinski definition) is 2. The van der Waals surface area contributed by atoms with Crippen LogP contribution in [0.25, 0.3) is 6.08 Å². The van der Waals surface area contributed by atoms with Gasteiger partial charge in [0.2, 0.25) is 5.72 Å². The first kappa shape index (κ1) is 32.2. The van der Waals surface area contributed by atoms with Gasteiger partial charge < -0.3 is 29.1 Å². The fourth-order valence-electron chi connectivity index (χ4n) is 10.0. The van der Waals surface area contributed by atoms with E-state index in [9.17, 15) is 27.9 Å². The Labute approximate surface area is 273 Å². The van der Waals surface area contributed by atoms with E-state index in [1.54, 1.807) is 18.2 Å². The van der Waals surface area contributed by atoms with Crippen molar-refractivity contribution in [1.29, 1.82) is 0 Å². The predicted octanol–water partition coefficient (Wildman–Crippen LogP) is 6.30. The summed E-state index contributed by atoms with van der Waals surface area (Å²) < 4.78 is 58.7. The topological polar surface area (TPSA) is 94.1 Å². The molecule has 1 aromatic carbocycles. The Bertz CT molecular complexity index is 1530. The molecule has 3 unspecified atom stereocenters. The van der Waals surface area contributed by atoms with Crippen LogP contribution >= 0.6 is 0 Å². The number of nitrogens with one attached hydrogen (secondary N) is 1. The Hall–Kier alpha value is -3.31. The third-order valence-electron chi connectivity index (χ3n) is 11.4. The van der Waals surface area contributed by atoms with E-state index >= 15 is 0 Å². The van der Waals surface area contributed by atoms with Gasteiger partial charge in [-0.3, -0.25) is 9.59 Å². The van der Waals surface area contributed by atoms with Gasteiger partial charge in [-0.1, -0.05) is 50.6 Å². The highest BCUT2D eigenvalue weighted by atomic mass is 19.4. The molecular weight excluding hydrogens is 613 g/mol. The zero-order valence-electron chi connectivity index (χ0n) is 27.1. The van der Waals surface area contributed by atoms with Crippen LogP contribution in [0.5, 0.6) is 0 Å². The summed E-state index contributed by atoms with van der Waals surface area (Å²) in [6.07, 6.45) is 2.55. The van der Waals surface area contributed by atoms with Gasteiger partial charge in [-0.15, -0.1) is 13.2 Å². The molecule has 1 amide bonds. The smallest absolute Gasteiger partial charge is 0.508 e. The highest BCUT2D eigenvalue weighted by molar-refractivity contribution is 5.96. The number of ether oxygens (including phenoxy) is 3. The fraction of sp³-hybridized carbons (Fsp3) is 0.611. The lowest BCUT2D eigenvalue weighted by atomic mass is 9.49. The minimum atomic E-state index is -5.17. The van der Waals surface area contributed by atoms with Crippen molar-refractivity contribution in [3.8, 4) is 0 Å². The lowest BCUT2D eigenvalue weighted by Crippen LogP contribution is -2.71. The zero-order valence-corrected chi connectivity index (χ0v) is 27.1. The van der Waals surface area contributed by atoms with E-state index in [4.69, 9.17) is 9.47 Å². The van der Waals surface area contributed by atoms with Crippen molar-refractivity contribution in [3.63, 3.8) is 0 Å². The Morgan fingerprint density at radius 1 is 1.17 bits per heavy atom. The van der Waals surface area contributed by atoms with Crippen molar-refractivity contribution in [2.24, 2.45) is 23.2 Å². The number of esters is 1. The number of likely N-dealkylation sites (tertiary alicyclic amines) is 1. The molecule has 2 N–H and O–H groups in total. The van der Waals surface area contributed by atoms with Gasteiger partial charge in [0.15, 0.2) is 5.76 Å². The maximum absolute atomic E-state index is 13.8. The monoisotopic (exact) mass is 657 g/mol. The predicted molar refractivity (Wildman–Crippen MR) is 166 cm³/mol. The number of hydrogen-bond acceptors (Lipinski definition) is 6. The summed E-state index contributed by atoms with van der Waals surface area (Å²) in [4.78, 5) is 26.5. The van der Waals surface area contributed by atoms with Gasteiger partial charge in [-0.05, 0) is 42.9 Å². The van der Waals surface area contributed by atoms with Gasteiger partial charge >= 0.3 is 12.3 Å². The summed E-state index contributed by atoms with van der Waals surface area (Å²) in [6, 6.07) is 8.29. The number of carbonyl (C=O) groups excluding carboxylic acids is 2. The molecule has 0 radical (unpaired) electrons. The molecule has 2 bridgehead atoms. The van der Waals surface area contributed by atoms with Crippen LogP contribution in [0.2, 0.25) is 0 Å². The number of benzene rings is 1. The molecule has 4 fully saturated rings. The molecule has 2 saturated carbocycles. The standard InChI is InChI=1S/C36H43F3N2O6/c1-21(2)19-41(20-24-12-13-24)15-14-34-26-10-7-11-30(34)45-32-31(34)25(17-27(26)41)28(43)18-35(32,46-22(3)42)40-33(44)29(47-36(37,38)39)16-23-8-5-4-6-9-23/h4-6,8-9,16,18,21,24,26-27,30,32H,7,10-15,17,19-20H2,1-3H3,(H-,40,43,44)/p+1/t26-,27+,30-,32?,34+,35?,41?/m0/s1. The van der Waals surface area contributed by atoms with E-state index in [1.165, 1.54) is 31.1 Å². The number of aliphatic hydroxyl groups is 1. The number of aliphatic hydroxyl groups excluding tert-OH is 1. The summed E-state index contributed by atoms with van der Waals surface area (Å²) >= 11 is 0. The third kappa shape index (κ3) is 5.57. The van der Waals surface area contributed by atoms with Crippen LogP contribution in [0.4, 0.5) is 13.2 Å². The summed E-state index contributed by atoms with van der Waals surface area (Å²) in [5, 5.41) is 14.4.